The molecule has 1 aliphatic heterocycles. The summed E-state index contributed by atoms with van der Waals surface area (Å²) in [5.74, 6) is 1.09. The van der Waals surface area contributed by atoms with Gasteiger partial charge in [0.2, 0.25) is 0 Å². The molecule has 0 atom stereocenters. The summed E-state index contributed by atoms with van der Waals surface area (Å²) >= 11 is 12.2. The summed E-state index contributed by atoms with van der Waals surface area (Å²) in [5, 5.41) is 16.3. The van der Waals surface area contributed by atoms with Crippen LogP contribution in [-0.2, 0) is 25.9 Å². The Hall–Kier alpha value is -2.94. The Morgan fingerprint density at radius 2 is 1.43 bits per heavy atom. The highest BCUT2D eigenvalue weighted by Gasteiger charge is 2.16. The standard InChI is InChI=1S/C16H20ClN3.C14H15ClN2/c1-3-4-14-11(2)13-9-12(17)5-6-15(13)20(14)10-16-18-7-8-19-16;1-3-4-13-10(2)12-9-11(15)5-6-14(12)17(13)8-7-16/h5-6,9H,3-4,7-8,10H2,1-2H3,(H,18,19);5-6,9H,3-4,8H2,1-2H3. The molecule has 0 bridgehead atoms. The average Bonchev–Trinajstić information content (AvgIpc) is 3.55. The second-order valence-electron chi connectivity index (χ2n) is 9.55. The number of halogens is 2. The van der Waals surface area contributed by atoms with Gasteiger partial charge in [0.15, 0.2) is 0 Å². The Morgan fingerprint density at radius 3 is 1.92 bits per heavy atom. The molecule has 2 aromatic carbocycles. The fourth-order valence-electron chi connectivity index (χ4n) is 5.35. The maximum Gasteiger partial charge on any atom is 0.117 e. The van der Waals surface area contributed by atoms with E-state index in [9.17, 15) is 0 Å². The van der Waals surface area contributed by atoms with E-state index in [-0.39, 0.29) is 0 Å². The van der Waals surface area contributed by atoms with E-state index in [1.165, 1.54) is 33.4 Å². The summed E-state index contributed by atoms with van der Waals surface area (Å²) in [6.07, 6.45) is 4.31. The Kier molecular flexibility index (Phi) is 8.84. The number of aromatic nitrogens is 2. The number of hydrogen-bond donors (Lipinski definition) is 1. The average molecular weight is 537 g/mol. The Balaban J connectivity index is 0.000000176. The van der Waals surface area contributed by atoms with Crippen molar-refractivity contribution in [1.82, 2.24) is 14.5 Å². The fraction of sp³-hybridized carbons (Fsp3) is 0.400. The van der Waals surface area contributed by atoms with Crippen LogP contribution in [0.2, 0.25) is 10.0 Å². The zero-order valence-corrected chi connectivity index (χ0v) is 23.7. The maximum atomic E-state index is 8.94. The van der Waals surface area contributed by atoms with Crippen molar-refractivity contribution in [1.29, 1.82) is 5.26 Å². The molecule has 3 heterocycles. The first kappa shape index (κ1) is 27.1. The minimum atomic E-state index is 0.404. The first-order valence-corrected chi connectivity index (χ1v) is 13.8. The lowest BCUT2D eigenvalue weighted by Gasteiger charge is -2.11. The number of fused-ring (bicyclic) bond motifs is 2. The van der Waals surface area contributed by atoms with Crippen molar-refractivity contribution in [2.45, 2.75) is 66.5 Å². The van der Waals surface area contributed by atoms with E-state index in [0.717, 1.165) is 72.1 Å². The van der Waals surface area contributed by atoms with Gasteiger partial charge < -0.3 is 14.5 Å². The molecule has 1 aliphatic rings. The van der Waals surface area contributed by atoms with Crippen molar-refractivity contribution in [3.05, 3.63) is 69.0 Å². The molecule has 0 fully saturated rings. The van der Waals surface area contributed by atoms with Gasteiger partial charge in [0.1, 0.15) is 12.4 Å². The first-order chi connectivity index (χ1) is 17.9. The molecule has 4 aromatic rings. The predicted molar refractivity (Wildman–Crippen MR) is 157 cm³/mol. The zero-order chi connectivity index (χ0) is 26.5. The number of hydrogen-bond acceptors (Lipinski definition) is 3. The second kappa shape index (κ2) is 12.1. The van der Waals surface area contributed by atoms with Crippen molar-refractivity contribution in [2.75, 3.05) is 13.1 Å². The molecule has 7 heteroatoms. The molecule has 0 saturated heterocycles. The largest absolute Gasteiger partial charge is 0.370 e. The van der Waals surface area contributed by atoms with Crippen LogP contribution < -0.4 is 5.32 Å². The van der Waals surface area contributed by atoms with Gasteiger partial charge in [-0.25, -0.2) is 0 Å². The van der Waals surface area contributed by atoms with Crippen molar-refractivity contribution >= 4 is 50.8 Å². The van der Waals surface area contributed by atoms with Crippen molar-refractivity contribution in [2.24, 2.45) is 4.99 Å². The third kappa shape index (κ3) is 5.66. The van der Waals surface area contributed by atoms with E-state index in [2.05, 4.69) is 65.3 Å². The van der Waals surface area contributed by atoms with Crippen molar-refractivity contribution in [3.63, 3.8) is 0 Å². The van der Waals surface area contributed by atoms with E-state index in [1.807, 2.05) is 24.3 Å². The van der Waals surface area contributed by atoms with Crippen LogP contribution in [0.3, 0.4) is 0 Å². The number of aliphatic imine (C=N–C) groups is 1. The lowest BCUT2D eigenvalue weighted by atomic mass is 10.1. The third-order valence-electron chi connectivity index (χ3n) is 7.08. The number of benzene rings is 2. The molecule has 0 radical (unpaired) electrons. The molecular formula is C30H35Cl2N5. The maximum absolute atomic E-state index is 8.94. The summed E-state index contributed by atoms with van der Waals surface area (Å²) < 4.78 is 4.49. The second-order valence-corrected chi connectivity index (χ2v) is 10.4. The van der Waals surface area contributed by atoms with E-state index in [4.69, 9.17) is 28.5 Å². The number of nitrogens with zero attached hydrogens (tertiary/aromatic N) is 4. The Bertz CT molecular complexity index is 1490. The van der Waals surface area contributed by atoms with Crippen LogP contribution in [0.5, 0.6) is 0 Å². The fourth-order valence-corrected chi connectivity index (χ4v) is 5.69. The van der Waals surface area contributed by atoms with Crippen LogP contribution in [0.25, 0.3) is 21.8 Å². The molecule has 2 aromatic heterocycles. The molecule has 0 saturated carbocycles. The molecular weight excluding hydrogens is 501 g/mol. The third-order valence-corrected chi connectivity index (χ3v) is 7.55. The van der Waals surface area contributed by atoms with Crippen molar-refractivity contribution < 1.29 is 0 Å². The molecule has 0 amide bonds. The van der Waals surface area contributed by atoms with Gasteiger partial charge in [0.25, 0.3) is 0 Å². The summed E-state index contributed by atoms with van der Waals surface area (Å²) in [7, 11) is 0. The van der Waals surface area contributed by atoms with Crippen LogP contribution in [0, 0.1) is 25.2 Å². The van der Waals surface area contributed by atoms with E-state index >= 15 is 0 Å². The van der Waals surface area contributed by atoms with E-state index < -0.39 is 0 Å². The number of nitriles is 1. The summed E-state index contributed by atoms with van der Waals surface area (Å²) in [6, 6.07) is 14.3. The van der Waals surface area contributed by atoms with E-state index in [1.54, 1.807) is 0 Å². The minimum absolute atomic E-state index is 0.404. The molecule has 1 N–H and O–H groups in total. The lowest BCUT2D eigenvalue weighted by Crippen LogP contribution is -2.24. The highest BCUT2D eigenvalue weighted by Crippen LogP contribution is 2.30. The molecule has 37 heavy (non-hydrogen) atoms. The van der Waals surface area contributed by atoms with Gasteiger partial charge in [-0.1, -0.05) is 49.9 Å². The smallest absolute Gasteiger partial charge is 0.117 e. The number of nitrogens with one attached hydrogen (secondary N) is 1. The molecule has 194 valence electrons. The van der Waals surface area contributed by atoms with Crippen LogP contribution in [0.15, 0.2) is 41.4 Å². The zero-order valence-electron chi connectivity index (χ0n) is 22.2. The molecule has 0 spiro atoms. The summed E-state index contributed by atoms with van der Waals surface area (Å²) in [5.41, 5.74) is 7.62. The van der Waals surface area contributed by atoms with Gasteiger partial charge in [-0.3, -0.25) is 4.99 Å². The Morgan fingerprint density at radius 1 is 0.892 bits per heavy atom. The van der Waals surface area contributed by atoms with Gasteiger partial charge in [-0.2, -0.15) is 5.26 Å². The normalized spacial score (nSPS) is 12.8. The van der Waals surface area contributed by atoms with Gasteiger partial charge >= 0.3 is 0 Å². The van der Waals surface area contributed by atoms with Gasteiger partial charge in [-0.05, 0) is 74.2 Å². The summed E-state index contributed by atoms with van der Waals surface area (Å²) in [6.45, 7) is 11.8. The van der Waals surface area contributed by atoms with Crippen LogP contribution in [0.4, 0.5) is 0 Å². The monoisotopic (exact) mass is 535 g/mol. The van der Waals surface area contributed by atoms with E-state index in [0.29, 0.717) is 6.54 Å². The van der Waals surface area contributed by atoms with Crippen LogP contribution in [-0.4, -0.2) is 28.1 Å². The molecule has 0 unspecified atom stereocenters. The summed E-state index contributed by atoms with van der Waals surface area (Å²) in [4.78, 5) is 4.52. The number of rotatable bonds is 7. The van der Waals surface area contributed by atoms with Gasteiger partial charge in [0.05, 0.1) is 19.2 Å². The molecule has 5 nitrogen and oxygen atoms in total. The number of amidine groups is 1. The van der Waals surface area contributed by atoms with Gasteiger partial charge in [0, 0.05) is 49.8 Å². The highest BCUT2D eigenvalue weighted by atomic mass is 35.5. The number of aryl methyl sites for hydroxylation is 2. The molecule has 0 aliphatic carbocycles. The van der Waals surface area contributed by atoms with Crippen LogP contribution in [0.1, 0.15) is 49.2 Å². The minimum Gasteiger partial charge on any atom is -0.370 e. The first-order valence-electron chi connectivity index (χ1n) is 13.1. The predicted octanol–water partition coefficient (Wildman–Crippen LogP) is 7.64. The lowest BCUT2D eigenvalue weighted by molar-refractivity contribution is 0.759. The quantitative estimate of drug-likeness (QED) is 0.264. The van der Waals surface area contributed by atoms with Gasteiger partial charge in [-0.15, -0.1) is 0 Å². The SMILES string of the molecule is CCCc1c(C)c2cc(Cl)ccc2n1CC#N.CCCc1c(C)c2cc(Cl)ccc2n1CC1=NCCN1. The Labute approximate surface area is 229 Å². The van der Waals surface area contributed by atoms with Crippen molar-refractivity contribution in [3.8, 4) is 6.07 Å². The molecule has 5 rings (SSSR count). The highest BCUT2D eigenvalue weighted by molar-refractivity contribution is 6.31. The van der Waals surface area contributed by atoms with Crippen LogP contribution >= 0.6 is 23.2 Å². The topological polar surface area (TPSA) is 58.0 Å².